The van der Waals surface area contributed by atoms with Crippen LogP contribution >= 0.6 is 22.7 Å². The van der Waals surface area contributed by atoms with Crippen LogP contribution in [-0.2, 0) is 0 Å². The molecule has 2 N–H and O–H groups in total. The number of hydrogen-bond donors (Lipinski definition) is 1. The van der Waals surface area contributed by atoms with Gasteiger partial charge in [0.1, 0.15) is 5.01 Å². The van der Waals surface area contributed by atoms with Crippen LogP contribution < -0.4 is 5.73 Å². The molecule has 0 aliphatic carbocycles. The predicted octanol–water partition coefficient (Wildman–Crippen LogP) is 3.61. The number of hydrogen-bond acceptors (Lipinski definition) is 4. The molecule has 0 aliphatic heterocycles. The zero-order chi connectivity index (χ0) is 10.3. The van der Waals surface area contributed by atoms with E-state index in [1.807, 2.05) is 24.3 Å². The number of aromatic nitrogens is 1. The van der Waals surface area contributed by atoms with E-state index >= 15 is 0 Å². The number of fused-ring (bicyclic) bond motifs is 1. The molecule has 0 amide bonds. The van der Waals surface area contributed by atoms with E-state index in [9.17, 15) is 0 Å². The fraction of sp³-hybridized carbons (Fsp3) is 0. The first-order valence-corrected chi connectivity index (χ1v) is 6.22. The van der Waals surface area contributed by atoms with Crippen molar-refractivity contribution in [3.8, 4) is 9.88 Å². The van der Waals surface area contributed by atoms with Crippen LogP contribution in [-0.4, -0.2) is 4.98 Å². The molecule has 0 spiro atoms. The molecule has 0 bridgehead atoms. The van der Waals surface area contributed by atoms with E-state index in [0.29, 0.717) is 0 Å². The van der Waals surface area contributed by atoms with Gasteiger partial charge < -0.3 is 5.73 Å². The maximum absolute atomic E-state index is 5.72. The molecule has 0 radical (unpaired) electrons. The van der Waals surface area contributed by atoms with Gasteiger partial charge in [0.2, 0.25) is 0 Å². The molecule has 4 heteroatoms. The van der Waals surface area contributed by atoms with Gasteiger partial charge in [-0.15, -0.1) is 22.7 Å². The monoisotopic (exact) mass is 232 g/mol. The van der Waals surface area contributed by atoms with Crippen LogP contribution in [0.4, 0.5) is 5.69 Å². The average Bonchev–Trinajstić information content (AvgIpc) is 2.84. The van der Waals surface area contributed by atoms with Crippen LogP contribution in [0.5, 0.6) is 0 Å². The number of thiazole rings is 1. The van der Waals surface area contributed by atoms with Gasteiger partial charge in [0.25, 0.3) is 0 Å². The van der Waals surface area contributed by atoms with Crippen molar-refractivity contribution in [2.45, 2.75) is 0 Å². The lowest BCUT2D eigenvalue weighted by Crippen LogP contribution is -1.81. The third kappa shape index (κ3) is 1.52. The zero-order valence-electron chi connectivity index (χ0n) is 7.81. The summed E-state index contributed by atoms with van der Waals surface area (Å²) in [7, 11) is 0. The second kappa shape index (κ2) is 3.32. The van der Waals surface area contributed by atoms with Gasteiger partial charge in [-0.2, -0.15) is 0 Å². The van der Waals surface area contributed by atoms with Crippen molar-refractivity contribution < 1.29 is 0 Å². The second-order valence-electron chi connectivity index (χ2n) is 3.22. The van der Waals surface area contributed by atoms with E-state index in [-0.39, 0.29) is 0 Å². The van der Waals surface area contributed by atoms with E-state index < -0.39 is 0 Å². The molecule has 15 heavy (non-hydrogen) atoms. The predicted molar refractivity (Wildman–Crippen MR) is 67.3 cm³/mol. The van der Waals surface area contributed by atoms with Crippen molar-refractivity contribution in [1.29, 1.82) is 0 Å². The van der Waals surface area contributed by atoms with Crippen LogP contribution in [0.25, 0.3) is 20.1 Å². The summed E-state index contributed by atoms with van der Waals surface area (Å²) in [4.78, 5) is 5.78. The molecule has 0 fully saturated rings. The number of rotatable bonds is 1. The summed E-state index contributed by atoms with van der Waals surface area (Å²) >= 11 is 3.42. The molecule has 3 aromatic rings. The summed E-state index contributed by atoms with van der Waals surface area (Å²) in [6, 6.07) is 9.99. The van der Waals surface area contributed by atoms with Crippen molar-refractivity contribution in [2.75, 3.05) is 5.73 Å². The molecule has 74 valence electrons. The first-order chi connectivity index (χ1) is 7.33. The first-order valence-electron chi connectivity index (χ1n) is 4.53. The molecule has 0 unspecified atom stereocenters. The highest BCUT2D eigenvalue weighted by atomic mass is 32.1. The number of nitrogens with two attached hydrogens (primary N) is 1. The molecule has 1 aromatic carbocycles. The standard InChI is InChI=1S/C11H8N2S2/c12-7-3-4-9-8(6-7)13-11(15-9)10-2-1-5-14-10/h1-6H,12H2. The van der Waals surface area contributed by atoms with Crippen molar-refractivity contribution in [2.24, 2.45) is 0 Å². The molecule has 2 aromatic heterocycles. The molecule has 3 rings (SSSR count). The Labute approximate surface area is 95.0 Å². The van der Waals surface area contributed by atoms with Crippen LogP contribution in [0.1, 0.15) is 0 Å². The number of anilines is 1. The minimum Gasteiger partial charge on any atom is -0.399 e. The minimum atomic E-state index is 0.769. The van der Waals surface area contributed by atoms with Gasteiger partial charge in [-0.3, -0.25) is 0 Å². The normalized spacial score (nSPS) is 10.9. The molecular weight excluding hydrogens is 224 g/mol. The summed E-state index contributed by atoms with van der Waals surface area (Å²) in [6.07, 6.45) is 0. The van der Waals surface area contributed by atoms with E-state index in [0.717, 1.165) is 16.2 Å². The number of nitrogen functional groups attached to an aromatic ring is 1. The Morgan fingerprint density at radius 3 is 2.93 bits per heavy atom. The summed E-state index contributed by atoms with van der Waals surface area (Å²) in [5.74, 6) is 0. The average molecular weight is 232 g/mol. The summed E-state index contributed by atoms with van der Waals surface area (Å²) < 4.78 is 1.19. The zero-order valence-corrected chi connectivity index (χ0v) is 9.44. The fourth-order valence-corrected chi connectivity index (χ4v) is 3.19. The van der Waals surface area contributed by atoms with Crippen molar-refractivity contribution >= 4 is 38.6 Å². The van der Waals surface area contributed by atoms with Gasteiger partial charge in [0.05, 0.1) is 15.1 Å². The molecule has 0 saturated heterocycles. The molecule has 0 aliphatic rings. The molecular formula is C11H8N2S2. The van der Waals surface area contributed by atoms with Gasteiger partial charge in [-0.05, 0) is 29.6 Å². The first kappa shape index (κ1) is 8.88. The lowest BCUT2D eigenvalue weighted by atomic mass is 10.3. The Morgan fingerprint density at radius 2 is 2.13 bits per heavy atom. The summed E-state index contributed by atoms with van der Waals surface area (Å²) in [5, 5.41) is 3.14. The van der Waals surface area contributed by atoms with Gasteiger partial charge in [-0.1, -0.05) is 6.07 Å². The van der Waals surface area contributed by atoms with Gasteiger partial charge in [-0.25, -0.2) is 4.98 Å². The van der Waals surface area contributed by atoms with Gasteiger partial charge >= 0.3 is 0 Å². The van der Waals surface area contributed by atoms with Crippen LogP contribution in [0, 0.1) is 0 Å². The van der Waals surface area contributed by atoms with E-state index in [2.05, 4.69) is 16.4 Å². The molecule has 0 saturated carbocycles. The third-order valence-electron chi connectivity index (χ3n) is 2.14. The maximum Gasteiger partial charge on any atom is 0.134 e. The Kier molecular flexibility index (Phi) is 1.97. The Balaban J connectivity index is 2.22. The minimum absolute atomic E-state index is 0.769. The second-order valence-corrected chi connectivity index (χ2v) is 5.20. The maximum atomic E-state index is 5.72. The highest BCUT2D eigenvalue weighted by molar-refractivity contribution is 7.25. The van der Waals surface area contributed by atoms with Gasteiger partial charge in [0, 0.05) is 5.69 Å². The Bertz CT molecular complexity index is 596. The highest BCUT2D eigenvalue weighted by Gasteiger charge is 2.06. The lowest BCUT2D eigenvalue weighted by molar-refractivity contribution is 1.50. The van der Waals surface area contributed by atoms with E-state index in [1.165, 1.54) is 9.58 Å². The van der Waals surface area contributed by atoms with E-state index in [1.54, 1.807) is 22.7 Å². The summed E-state index contributed by atoms with van der Waals surface area (Å²) in [6.45, 7) is 0. The Morgan fingerprint density at radius 1 is 1.20 bits per heavy atom. The molecule has 2 heterocycles. The van der Waals surface area contributed by atoms with Crippen LogP contribution in [0.15, 0.2) is 35.7 Å². The Hall–Kier alpha value is -1.39. The van der Waals surface area contributed by atoms with Gasteiger partial charge in [0.15, 0.2) is 0 Å². The fourth-order valence-electron chi connectivity index (χ4n) is 1.45. The highest BCUT2D eigenvalue weighted by Crippen LogP contribution is 2.33. The number of thiophene rings is 1. The summed E-state index contributed by atoms with van der Waals surface area (Å²) in [5.41, 5.74) is 7.48. The van der Waals surface area contributed by atoms with E-state index in [4.69, 9.17) is 5.73 Å². The SMILES string of the molecule is Nc1ccc2sc(-c3cccs3)nc2c1. The molecule has 0 atom stereocenters. The lowest BCUT2D eigenvalue weighted by Gasteiger charge is -1.89. The quantitative estimate of drug-likeness (QED) is 0.651. The molecule has 2 nitrogen and oxygen atoms in total. The largest absolute Gasteiger partial charge is 0.399 e. The van der Waals surface area contributed by atoms with Crippen LogP contribution in [0.2, 0.25) is 0 Å². The van der Waals surface area contributed by atoms with Crippen molar-refractivity contribution in [3.05, 3.63) is 35.7 Å². The van der Waals surface area contributed by atoms with Crippen molar-refractivity contribution in [1.82, 2.24) is 4.98 Å². The third-order valence-corrected chi connectivity index (χ3v) is 4.22. The number of benzene rings is 1. The van der Waals surface area contributed by atoms with Crippen LogP contribution in [0.3, 0.4) is 0 Å². The number of nitrogens with zero attached hydrogens (tertiary/aromatic N) is 1. The van der Waals surface area contributed by atoms with Crippen molar-refractivity contribution in [3.63, 3.8) is 0 Å². The topological polar surface area (TPSA) is 38.9 Å². The smallest absolute Gasteiger partial charge is 0.134 e.